The van der Waals surface area contributed by atoms with Crippen LogP contribution in [0.25, 0.3) is 10.9 Å². The Morgan fingerprint density at radius 1 is 1.24 bits per heavy atom. The fraction of sp³-hybridized carbons (Fsp3) is 0.444. The Hall–Kier alpha value is -2.88. The number of nitrogens with zero attached hydrogens (tertiary/aromatic N) is 4. The Kier molecular flexibility index (Phi) is 3.99. The summed E-state index contributed by atoms with van der Waals surface area (Å²) in [4.78, 5) is 4.76. The molecule has 1 aliphatic heterocycles. The van der Waals surface area contributed by atoms with Crippen LogP contribution in [0.2, 0.25) is 0 Å². The van der Waals surface area contributed by atoms with E-state index in [-0.39, 0.29) is 23.1 Å². The average Bonchev–Trinajstić information content (AvgIpc) is 2.85. The molecule has 25 heavy (non-hydrogen) atoms. The van der Waals surface area contributed by atoms with Crippen LogP contribution in [-0.2, 0) is 0 Å². The molecular weight excluding hydrogens is 318 g/mol. The van der Waals surface area contributed by atoms with Gasteiger partial charge in [-0.05, 0) is 25.8 Å². The van der Waals surface area contributed by atoms with E-state index in [0.29, 0.717) is 28.2 Å². The van der Waals surface area contributed by atoms with E-state index in [1.807, 2.05) is 0 Å². The minimum atomic E-state index is -0.662. The van der Waals surface area contributed by atoms with Crippen LogP contribution in [0.4, 0.5) is 0 Å². The van der Waals surface area contributed by atoms with Crippen LogP contribution in [0.1, 0.15) is 39.2 Å². The first-order chi connectivity index (χ1) is 11.7. The zero-order valence-corrected chi connectivity index (χ0v) is 14.6. The molecule has 3 N–H and O–H groups in total. The lowest BCUT2D eigenvalue weighted by atomic mass is 9.88. The lowest BCUT2D eigenvalue weighted by Gasteiger charge is -2.29. The number of hydrogen-bond donors (Lipinski definition) is 3. The maximum Gasteiger partial charge on any atom is 0.159 e. The average molecular weight is 339 g/mol. The van der Waals surface area contributed by atoms with Crippen molar-refractivity contribution in [2.24, 2.45) is 10.9 Å². The summed E-state index contributed by atoms with van der Waals surface area (Å²) in [5.74, 6) is -0.282. The topological polar surface area (TPSA) is 114 Å². The van der Waals surface area contributed by atoms with Crippen LogP contribution < -0.4 is 5.32 Å². The number of benzene rings is 1. The number of aromatic hydroxyl groups is 2. The smallest absolute Gasteiger partial charge is 0.159 e. The molecule has 7 heteroatoms. The summed E-state index contributed by atoms with van der Waals surface area (Å²) < 4.78 is 0. The van der Waals surface area contributed by atoms with E-state index in [2.05, 4.69) is 49.3 Å². The molecular formula is C18H21N5O2. The van der Waals surface area contributed by atoms with Crippen LogP contribution >= 0.6 is 0 Å². The fourth-order valence-corrected chi connectivity index (χ4v) is 3.49. The second-order valence-electron chi connectivity index (χ2n) is 7.27. The first-order valence-electron chi connectivity index (χ1n) is 8.17. The Morgan fingerprint density at radius 2 is 1.92 bits per heavy atom. The normalized spacial score (nSPS) is 20.2. The Balaban J connectivity index is 2.12. The number of rotatable bonds is 3. The molecule has 0 amide bonds. The van der Waals surface area contributed by atoms with Crippen molar-refractivity contribution in [2.45, 2.75) is 45.2 Å². The molecule has 1 aromatic heterocycles. The number of phenolic OH excluding ortho intramolecular Hbond substituents is 2. The third-order valence-corrected chi connectivity index (χ3v) is 4.58. The second kappa shape index (κ2) is 5.88. The van der Waals surface area contributed by atoms with Crippen molar-refractivity contribution in [3.8, 4) is 17.6 Å². The predicted octanol–water partition coefficient (Wildman–Crippen LogP) is 2.45. The zero-order valence-electron chi connectivity index (χ0n) is 14.6. The zero-order chi connectivity index (χ0) is 18.4. The van der Waals surface area contributed by atoms with E-state index in [1.165, 1.54) is 18.3 Å². The number of nitrogens with one attached hydrogen (secondary N) is 1. The van der Waals surface area contributed by atoms with Crippen molar-refractivity contribution in [1.29, 1.82) is 5.26 Å². The molecule has 0 saturated carbocycles. The van der Waals surface area contributed by atoms with E-state index < -0.39 is 5.92 Å². The highest BCUT2D eigenvalue weighted by molar-refractivity contribution is 5.98. The number of amidine groups is 1. The summed E-state index contributed by atoms with van der Waals surface area (Å²) in [5, 5.41) is 41.1. The SMILES string of the molecule is CC(C)C1N=C(C(C#N)c2cnnc3cc(O)c(O)cc23)NC1(C)C. The van der Waals surface area contributed by atoms with Gasteiger partial charge < -0.3 is 15.5 Å². The van der Waals surface area contributed by atoms with E-state index in [0.717, 1.165) is 0 Å². The first kappa shape index (κ1) is 17.0. The lowest BCUT2D eigenvalue weighted by molar-refractivity contribution is 0.330. The van der Waals surface area contributed by atoms with Gasteiger partial charge in [-0.1, -0.05) is 13.8 Å². The van der Waals surface area contributed by atoms with Crippen molar-refractivity contribution >= 4 is 16.7 Å². The number of phenols is 2. The molecule has 0 saturated heterocycles. The Labute approximate surface area is 146 Å². The van der Waals surface area contributed by atoms with E-state index in [4.69, 9.17) is 4.99 Å². The van der Waals surface area contributed by atoms with Crippen molar-refractivity contribution < 1.29 is 10.2 Å². The van der Waals surface area contributed by atoms with Crippen LogP contribution in [0.3, 0.4) is 0 Å². The molecule has 2 atom stereocenters. The first-order valence-corrected chi connectivity index (χ1v) is 8.17. The molecule has 130 valence electrons. The summed E-state index contributed by atoms with van der Waals surface area (Å²) in [6.07, 6.45) is 1.51. The standard InChI is InChI=1S/C18H21N5O2/c1-9(2)16-18(3,4)22-17(21-16)11(7-19)12-8-20-23-13-6-15(25)14(24)5-10(12)13/h5-6,8-9,11,16,24-25H,1-4H3,(H,21,22). The van der Waals surface area contributed by atoms with E-state index in [9.17, 15) is 15.5 Å². The largest absolute Gasteiger partial charge is 0.504 e. The highest BCUT2D eigenvalue weighted by atomic mass is 16.3. The van der Waals surface area contributed by atoms with Gasteiger partial charge in [0.15, 0.2) is 11.5 Å². The molecule has 2 aromatic rings. The van der Waals surface area contributed by atoms with Gasteiger partial charge in [-0.2, -0.15) is 15.5 Å². The quantitative estimate of drug-likeness (QED) is 0.740. The lowest BCUT2D eigenvalue weighted by Crippen LogP contribution is -2.47. The molecule has 0 spiro atoms. The molecule has 1 aromatic carbocycles. The minimum Gasteiger partial charge on any atom is -0.504 e. The number of hydrogen-bond acceptors (Lipinski definition) is 7. The van der Waals surface area contributed by atoms with E-state index in [1.54, 1.807) is 0 Å². The summed E-state index contributed by atoms with van der Waals surface area (Å²) in [6, 6.07) is 5.07. The second-order valence-corrected chi connectivity index (χ2v) is 7.27. The van der Waals surface area contributed by atoms with Crippen LogP contribution in [0, 0.1) is 17.2 Å². The maximum absolute atomic E-state index is 9.83. The molecule has 2 unspecified atom stereocenters. The molecule has 0 fully saturated rings. The highest BCUT2D eigenvalue weighted by Crippen LogP contribution is 2.35. The predicted molar refractivity (Wildman–Crippen MR) is 94.5 cm³/mol. The van der Waals surface area contributed by atoms with E-state index >= 15 is 0 Å². The molecule has 1 aliphatic rings. The number of aliphatic imine (C=N–C) groups is 1. The maximum atomic E-state index is 9.83. The van der Waals surface area contributed by atoms with Crippen molar-refractivity contribution in [3.63, 3.8) is 0 Å². The van der Waals surface area contributed by atoms with Crippen LogP contribution in [0.15, 0.2) is 23.3 Å². The van der Waals surface area contributed by atoms with Gasteiger partial charge in [-0.15, -0.1) is 0 Å². The summed E-state index contributed by atoms with van der Waals surface area (Å²) in [6.45, 7) is 8.34. The molecule has 3 rings (SSSR count). The van der Waals surface area contributed by atoms with Gasteiger partial charge >= 0.3 is 0 Å². The number of aromatic nitrogens is 2. The number of fused-ring (bicyclic) bond motifs is 1. The third-order valence-electron chi connectivity index (χ3n) is 4.58. The Bertz CT molecular complexity index is 898. The van der Waals surface area contributed by atoms with Gasteiger partial charge in [0, 0.05) is 17.0 Å². The summed E-state index contributed by atoms with van der Waals surface area (Å²) in [5.41, 5.74) is 0.746. The Morgan fingerprint density at radius 3 is 2.52 bits per heavy atom. The van der Waals surface area contributed by atoms with Gasteiger partial charge in [0.25, 0.3) is 0 Å². The molecule has 7 nitrogen and oxygen atoms in total. The summed E-state index contributed by atoms with van der Waals surface area (Å²) in [7, 11) is 0. The van der Waals surface area contributed by atoms with Gasteiger partial charge in [0.2, 0.25) is 0 Å². The molecule has 0 radical (unpaired) electrons. The van der Waals surface area contributed by atoms with Gasteiger partial charge in [0.1, 0.15) is 11.8 Å². The third kappa shape index (κ3) is 2.84. The molecule has 0 aliphatic carbocycles. The van der Waals surface area contributed by atoms with Gasteiger partial charge in [-0.3, -0.25) is 4.99 Å². The van der Waals surface area contributed by atoms with Crippen molar-refractivity contribution in [2.75, 3.05) is 0 Å². The molecule has 2 heterocycles. The van der Waals surface area contributed by atoms with Gasteiger partial charge in [0.05, 0.1) is 29.4 Å². The fourth-order valence-electron chi connectivity index (χ4n) is 3.49. The van der Waals surface area contributed by atoms with Crippen molar-refractivity contribution in [3.05, 3.63) is 23.9 Å². The van der Waals surface area contributed by atoms with Crippen LogP contribution in [-0.4, -0.2) is 37.8 Å². The molecule has 0 bridgehead atoms. The summed E-state index contributed by atoms with van der Waals surface area (Å²) >= 11 is 0. The minimum absolute atomic E-state index is 0.0526. The van der Waals surface area contributed by atoms with Crippen LogP contribution in [0.5, 0.6) is 11.5 Å². The monoisotopic (exact) mass is 339 g/mol. The highest BCUT2D eigenvalue weighted by Gasteiger charge is 2.40. The van der Waals surface area contributed by atoms with Gasteiger partial charge in [-0.25, -0.2) is 0 Å². The van der Waals surface area contributed by atoms with Crippen molar-refractivity contribution in [1.82, 2.24) is 15.5 Å². The number of nitriles is 1.